The highest BCUT2D eigenvalue weighted by Crippen LogP contribution is 2.21. The van der Waals surface area contributed by atoms with Crippen LogP contribution in [-0.4, -0.2) is 18.0 Å². The molecule has 1 N–H and O–H groups in total. The van der Waals surface area contributed by atoms with Crippen molar-refractivity contribution < 1.29 is 4.79 Å². The molecule has 2 aromatic carbocycles. The maximum atomic E-state index is 12.1. The third-order valence-corrected chi connectivity index (χ3v) is 3.53. The van der Waals surface area contributed by atoms with Gasteiger partial charge in [-0.25, -0.2) is 4.79 Å². The lowest BCUT2D eigenvalue weighted by Crippen LogP contribution is -2.31. The molecule has 0 spiro atoms. The Morgan fingerprint density at radius 1 is 1.05 bits per heavy atom. The molecule has 2 rings (SSSR count). The van der Waals surface area contributed by atoms with E-state index in [1.807, 2.05) is 30.3 Å². The number of anilines is 1. The Morgan fingerprint density at radius 2 is 1.65 bits per heavy atom. The average molecular weight is 309 g/mol. The van der Waals surface area contributed by atoms with Crippen molar-refractivity contribution in [1.82, 2.24) is 4.90 Å². The van der Waals surface area contributed by atoms with Crippen molar-refractivity contribution in [1.29, 1.82) is 0 Å². The summed E-state index contributed by atoms with van der Waals surface area (Å²) >= 11 is 12.1. The molecule has 0 fully saturated rings. The fourth-order valence-electron chi connectivity index (χ4n) is 1.73. The van der Waals surface area contributed by atoms with Crippen molar-refractivity contribution in [2.24, 2.45) is 0 Å². The SMILES string of the molecule is CN(Cc1ccccc1Cl)C(=O)Nc1ccccc1Cl. The molecule has 2 aromatic rings. The van der Waals surface area contributed by atoms with Crippen molar-refractivity contribution in [3.63, 3.8) is 0 Å². The van der Waals surface area contributed by atoms with E-state index in [1.165, 1.54) is 0 Å². The highest BCUT2D eigenvalue weighted by molar-refractivity contribution is 6.33. The van der Waals surface area contributed by atoms with Crippen molar-refractivity contribution in [3.05, 3.63) is 64.1 Å². The van der Waals surface area contributed by atoms with E-state index in [-0.39, 0.29) is 6.03 Å². The van der Waals surface area contributed by atoms with Gasteiger partial charge in [0, 0.05) is 18.6 Å². The Bertz CT molecular complexity index is 616. The number of nitrogens with one attached hydrogen (secondary N) is 1. The van der Waals surface area contributed by atoms with E-state index >= 15 is 0 Å². The van der Waals surface area contributed by atoms with Crippen molar-refractivity contribution in [2.75, 3.05) is 12.4 Å². The predicted molar refractivity (Wildman–Crippen MR) is 83.4 cm³/mol. The van der Waals surface area contributed by atoms with Gasteiger partial charge < -0.3 is 10.2 Å². The molecule has 0 radical (unpaired) electrons. The zero-order valence-electron chi connectivity index (χ0n) is 10.9. The molecule has 104 valence electrons. The van der Waals surface area contributed by atoms with Gasteiger partial charge in [0.1, 0.15) is 0 Å². The standard InChI is InChI=1S/C15H14Cl2N2O/c1-19(10-11-6-2-3-7-12(11)16)15(20)18-14-9-5-4-8-13(14)17/h2-9H,10H2,1H3,(H,18,20). The van der Waals surface area contributed by atoms with Crippen LogP contribution in [0.4, 0.5) is 10.5 Å². The van der Waals surface area contributed by atoms with Crippen LogP contribution in [0.15, 0.2) is 48.5 Å². The minimum absolute atomic E-state index is 0.238. The Labute approximate surface area is 128 Å². The average Bonchev–Trinajstić information content (AvgIpc) is 2.43. The van der Waals surface area contributed by atoms with Crippen LogP contribution >= 0.6 is 23.2 Å². The topological polar surface area (TPSA) is 32.3 Å². The molecule has 0 bridgehead atoms. The molecule has 0 saturated carbocycles. The molecule has 0 aromatic heterocycles. The van der Waals surface area contributed by atoms with Gasteiger partial charge >= 0.3 is 6.03 Å². The Balaban J connectivity index is 2.03. The zero-order valence-corrected chi connectivity index (χ0v) is 12.4. The first kappa shape index (κ1) is 14.7. The van der Waals surface area contributed by atoms with Crippen molar-refractivity contribution >= 4 is 34.9 Å². The lowest BCUT2D eigenvalue weighted by molar-refractivity contribution is 0.220. The number of carbonyl (C=O) groups excluding carboxylic acids is 1. The molecule has 0 aliphatic rings. The smallest absolute Gasteiger partial charge is 0.321 e. The fraction of sp³-hybridized carbons (Fsp3) is 0.133. The second kappa shape index (κ2) is 6.64. The van der Waals surface area contributed by atoms with E-state index in [4.69, 9.17) is 23.2 Å². The minimum atomic E-state index is -0.238. The summed E-state index contributed by atoms with van der Waals surface area (Å²) in [7, 11) is 1.70. The molecule has 3 nitrogen and oxygen atoms in total. The van der Waals surface area contributed by atoms with Gasteiger partial charge in [-0.2, -0.15) is 0 Å². The van der Waals surface area contributed by atoms with E-state index in [0.29, 0.717) is 22.3 Å². The predicted octanol–water partition coefficient (Wildman–Crippen LogP) is 4.66. The molecular formula is C15H14Cl2N2O. The molecule has 0 atom stereocenters. The molecule has 0 saturated heterocycles. The normalized spacial score (nSPS) is 10.2. The third-order valence-electron chi connectivity index (χ3n) is 2.83. The van der Waals surface area contributed by atoms with E-state index in [0.717, 1.165) is 5.56 Å². The van der Waals surface area contributed by atoms with Gasteiger partial charge in [-0.15, -0.1) is 0 Å². The van der Waals surface area contributed by atoms with E-state index in [1.54, 1.807) is 30.1 Å². The first-order valence-electron chi connectivity index (χ1n) is 6.08. The Morgan fingerprint density at radius 3 is 2.30 bits per heavy atom. The number of benzene rings is 2. The summed E-state index contributed by atoms with van der Waals surface area (Å²) in [6.07, 6.45) is 0. The van der Waals surface area contributed by atoms with Gasteiger partial charge in [0.2, 0.25) is 0 Å². The van der Waals surface area contributed by atoms with Crippen molar-refractivity contribution in [3.8, 4) is 0 Å². The molecule has 0 heterocycles. The van der Waals surface area contributed by atoms with Gasteiger partial charge in [0.25, 0.3) is 0 Å². The number of halogens is 2. The number of amides is 2. The molecule has 5 heteroatoms. The Hall–Kier alpha value is -1.71. The molecule has 0 aliphatic carbocycles. The summed E-state index contributed by atoms with van der Waals surface area (Å²) in [5.41, 5.74) is 1.48. The first-order valence-corrected chi connectivity index (χ1v) is 6.83. The van der Waals surface area contributed by atoms with Crippen LogP contribution in [0, 0.1) is 0 Å². The lowest BCUT2D eigenvalue weighted by atomic mass is 10.2. The molecule has 20 heavy (non-hydrogen) atoms. The van der Waals surface area contributed by atoms with Crippen molar-refractivity contribution in [2.45, 2.75) is 6.54 Å². The zero-order chi connectivity index (χ0) is 14.5. The third kappa shape index (κ3) is 3.65. The van der Waals surface area contributed by atoms with Gasteiger partial charge in [-0.1, -0.05) is 53.5 Å². The van der Waals surface area contributed by atoms with E-state index in [9.17, 15) is 4.79 Å². The summed E-state index contributed by atoms with van der Waals surface area (Å²) in [4.78, 5) is 13.6. The molecule has 0 unspecified atom stereocenters. The lowest BCUT2D eigenvalue weighted by Gasteiger charge is -2.19. The summed E-state index contributed by atoms with van der Waals surface area (Å²) in [5.74, 6) is 0. The Kier molecular flexibility index (Phi) is 4.88. The van der Waals surface area contributed by atoms with Crippen LogP contribution in [0.2, 0.25) is 10.0 Å². The van der Waals surface area contributed by atoms with Gasteiger partial charge in [-0.05, 0) is 23.8 Å². The summed E-state index contributed by atoms with van der Waals surface area (Å²) in [5, 5.41) is 3.91. The first-order chi connectivity index (χ1) is 9.58. The maximum absolute atomic E-state index is 12.1. The summed E-state index contributed by atoms with van der Waals surface area (Å²) < 4.78 is 0. The largest absolute Gasteiger partial charge is 0.323 e. The second-order valence-electron chi connectivity index (χ2n) is 4.36. The molecular weight excluding hydrogens is 295 g/mol. The van der Waals surface area contributed by atoms with E-state index < -0.39 is 0 Å². The van der Waals surface area contributed by atoms with Gasteiger partial charge in [0.05, 0.1) is 10.7 Å². The number of hydrogen-bond acceptors (Lipinski definition) is 1. The fourth-order valence-corrected chi connectivity index (χ4v) is 2.11. The number of rotatable bonds is 3. The molecule has 0 aliphatic heterocycles. The van der Waals surface area contributed by atoms with Gasteiger partial charge in [-0.3, -0.25) is 0 Å². The minimum Gasteiger partial charge on any atom is -0.323 e. The van der Waals surface area contributed by atoms with Crippen LogP contribution in [0.3, 0.4) is 0 Å². The van der Waals surface area contributed by atoms with Crippen LogP contribution in [-0.2, 0) is 6.54 Å². The number of para-hydroxylation sites is 1. The van der Waals surface area contributed by atoms with Crippen LogP contribution in [0.25, 0.3) is 0 Å². The summed E-state index contributed by atoms with van der Waals surface area (Å²) in [6, 6.07) is 14.3. The quantitative estimate of drug-likeness (QED) is 0.879. The highest BCUT2D eigenvalue weighted by atomic mass is 35.5. The maximum Gasteiger partial charge on any atom is 0.321 e. The number of nitrogens with zero attached hydrogens (tertiary/aromatic N) is 1. The van der Waals surface area contributed by atoms with Crippen LogP contribution in [0.5, 0.6) is 0 Å². The van der Waals surface area contributed by atoms with E-state index in [2.05, 4.69) is 5.32 Å². The van der Waals surface area contributed by atoms with Crippen LogP contribution in [0.1, 0.15) is 5.56 Å². The number of hydrogen-bond donors (Lipinski definition) is 1. The van der Waals surface area contributed by atoms with Crippen LogP contribution < -0.4 is 5.32 Å². The van der Waals surface area contributed by atoms with Gasteiger partial charge in [0.15, 0.2) is 0 Å². The monoisotopic (exact) mass is 308 g/mol. The second-order valence-corrected chi connectivity index (χ2v) is 5.17. The number of urea groups is 1. The number of carbonyl (C=O) groups is 1. The highest BCUT2D eigenvalue weighted by Gasteiger charge is 2.12. The molecule has 2 amide bonds. The summed E-state index contributed by atoms with van der Waals surface area (Å²) in [6.45, 7) is 0.427.